The Kier molecular flexibility index (Phi) is 11.4. The normalized spacial score (nSPS) is 39.7. The van der Waals surface area contributed by atoms with Crippen LogP contribution in [0.5, 0.6) is 0 Å². The number of aliphatic hydroxyl groups is 1. The molecule has 0 aromatic carbocycles. The van der Waals surface area contributed by atoms with Crippen molar-refractivity contribution < 1.29 is 22.7 Å². The van der Waals surface area contributed by atoms with E-state index in [4.69, 9.17) is 0 Å². The van der Waals surface area contributed by atoms with E-state index in [9.17, 15) is 22.7 Å². The number of hydrogen-bond acceptors (Lipinski definition) is 1. The third-order valence-electron chi connectivity index (χ3n) is 8.32. The lowest BCUT2D eigenvalue weighted by Crippen LogP contribution is -2.44. The average molecular weight is 449 g/mol. The molecule has 3 aliphatic carbocycles. The van der Waals surface area contributed by atoms with Crippen LogP contribution >= 0.6 is 0 Å². The van der Waals surface area contributed by atoms with E-state index in [-0.39, 0.29) is 24.8 Å². The molecule has 0 saturated heterocycles. The molecule has 1 nitrogen and oxygen atoms in total. The summed E-state index contributed by atoms with van der Waals surface area (Å²) in [6, 6.07) is 0. The smallest absolute Gasteiger partial charge is 0.268 e. The molecule has 3 rings (SSSR count). The van der Waals surface area contributed by atoms with Gasteiger partial charge in [-0.25, -0.2) is 8.78 Å². The highest BCUT2D eigenvalue weighted by atomic mass is 19.3. The first-order valence-corrected chi connectivity index (χ1v) is 12.9. The Hall–Kier alpha value is -0.580. The van der Waals surface area contributed by atoms with Gasteiger partial charge in [0.25, 0.3) is 6.08 Å². The van der Waals surface area contributed by atoms with Crippen molar-refractivity contribution in [2.45, 2.75) is 116 Å². The molecule has 3 aliphatic rings. The third-order valence-corrected chi connectivity index (χ3v) is 8.32. The van der Waals surface area contributed by atoms with E-state index >= 15 is 0 Å². The molecule has 0 heterocycles. The molecule has 3 unspecified atom stereocenters. The van der Waals surface area contributed by atoms with Gasteiger partial charge in [0, 0.05) is 6.08 Å². The molecule has 5 heteroatoms. The maximum Gasteiger partial charge on any atom is 0.268 e. The van der Waals surface area contributed by atoms with Gasteiger partial charge in [-0.2, -0.15) is 8.78 Å². The van der Waals surface area contributed by atoms with Crippen molar-refractivity contribution in [2.75, 3.05) is 0 Å². The van der Waals surface area contributed by atoms with E-state index in [1.54, 1.807) is 0 Å². The molecular formula is C26H44F4O. The third kappa shape index (κ3) is 7.47. The van der Waals surface area contributed by atoms with Crippen molar-refractivity contribution in [3.8, 4) is 0 Å². The summed E-state index contributed by atoms with van der Waals surface area (Å²) in [5.41, 5.74) is 0. The summed E-state index contributed by atoms with van der Waals surface area (Å²) in [7, 11) is 0. The predicted octanol–water partition coefficient (Wildman–Crippen LogP) is 8.27. The van der Waals surface area contributed by atoms with Crippen LogP contribution in [0.25, 0.3) is 0 Å². The van der Waals surface area contributed by atoms with E-state index in [0.29, 0.717) is 5.92 Å². The van der Waals surface area contributed by atoms with Crippen LogP contribution in [0.1, 0.15) is 97.8 Å². The van der Waals surface area contributed by atoms with Crippen LogP contribution < -0.4 is 0 Å². The Labute approximate surface area is 187 Å². The maximum absolute atomic E-state index is 14.6. The van der Waals surface area contributed by atoms with Crippen LogP contribution in [-0.4, -0.2) is 23.6 Å². The van der Waals surface area contributed by atoms with Gasteiger partial charge in [0.1, 0.15) is 12.3 Å². The van der Waals surface area contributed by atoms with Crippen molar-refractivity contribution in [3.63, 3.8) is 0 Å². The number of alkyl halides is 2. The molecule has 31 heavy (non-hydrogen) atoms. The maximum atomic E-state index is 14.6. The summed E-state index contributed by atoms with van der Waals surface area (Å²) < 4.78 is 53.9. The first-order valence-electron chi connectivity index (χ1n) is 12.9. The average Bonchev–Trinajstić information content (AvgIpc) is 2.75. The molecule has 0 aromatic heterocycles. The molecule has 0 bridgehead atoms. The molecule has 0 spiro atoms. The van der Waals surface area contributed by atoms with Crippen LogP contribution in [0.15, 0.2) is 12.2 Å². The van der Waals surface area contributed by atoms with Gasteiger partial charge in [0.05, 0.1) is 12.0 Å². The van der Waals surface area contributed by atoms with Crippen molar-refractivity contribution in [1.29, 1.82) is 0 Å². The summed E-state index contributed by atoms with van der Waals surface area (Å²) >= 11 is 0. The number of hydrogen-bond donors (Lipinski definition) is 1. The van der Waals surface area contributed by atoms with Crippen LogP contribution in [0.4, 0.5) is 17.6 Å². The lowest BCUT2D eigenvalue weighted by atomic mass is 9.64. The van der Waals surface area contributed by atoms with Gasteiger partial charge in [-0.15, -0.1) is 0 Å². The topological polar surface area (TPSA) is 20.2 Å². The molecule has 0 radical (unpaired) electrons. The van der Waals surface area contributed by atoms with Crippen LogP contribution in [0, 0.1) is 35.5 Å². The van der Waals surface area contributed by atoms with Gasteiger partial charge in [0.15, 0.2) is 0 Å². The highest BCUT2D eigenvalue weighted by molar-refractivity contribution is 5.00. The fourth-order valence-electron chi connectivity index (χ4n) is 6.71. The summed E-state index contributed by atoms with van der Waals surface area (Å²) in [6.45, 7) is 6.27. The Morgan fingerprint density at radius 3 is 1.65 bits per heavy atom. The van der Waals surface area contributed by atoms with Crippen LogP contribution in [-0.2, 0) is 0 Å². The van der Waals surface area contributed by atoms with Gasteiger partial charge in [0.2, 0.25) is 0 Å². The fourth-order valence-corrected chi connectivity index (χ4v) is 6.71. The van der Waals surface area contributed by atoms with Crippen molar-refractivity contribution in [2.24, 2.45) is 35.5 Å². The van der Waals surface area contributed by atoms with Crippen molar-refractivity contribution >= 4 is 0 Å². The standard InChI is InChI=1S/C24H38F4O.C2H6/c1-2-3-15-4-6-16(7-5-15)17-8-10-18(11-9-17)19-12-20(25)24(21(26)13-19)22(29)14-23(27)28;1-2/h14-22,24,29H,2-13H2,1H3;1-2H3. The van der Waals surface area contributed by atoms with E-state index in [0.717, 1.165) is 30.6 Å². The molecule has 1 N–H and O–H groups in total. The van der Waals surface area contributed by atoms with E-state index in [1.165, 1.54) is 51.4 Å². The molecule has 3 fully saturated rings. The zero-order valence-corrected chi connectivity index (χ0v) is 19.7. The molecule has 182 valence electrons. The number of halogens is 4. The molecule has 3 saturated carbocycles. The minimum Gasteiger partial charge on any atom is -0.388 e. The first-order chi connectivity index (χ1) is 14.9. The summed E-state index contributed by atoms with van der Waals surface area (Å²) in [4.78, 5) is 0. The summed E-state index contributed by atoms with van der Waals surface area (Å²) in [5, 5.41) is 9.78. The van der Waals surface area contributed by atoms with E-state index in [2.05, 4.69) is 6.92 Å². The molecule has 0 amide bonds. The van der Waals surface area contributed by atoms with Crippen LogP contribution in [0.2, 0.25) is 0 Å². The largest absolute Gasteiger partial charge is 0.388 e. The highest BCUT2D eigenvalue weighted by Gasteiger charge is 2.45. The second kappa shape index (κ2) is 13.2. The first kappa shape index (κ1) is 26.7. The Bertz CT molecular complexity index is 508. The van der Waals surface area contributed by atoms with Crippen molar-refractivity contribution in [3.05, 3.63) is 12.2 Å². The molecule has 0 aliphatic heterocycles. The van der Waals surface area contributed by atoms with E-state index < -0.39 is 30.4 Å². The van der Waals surface area contributed by atoms with Gasteiger partial charge in [-0.3, -0.25) is 0 Å². The molecule has 0 aromatic rings. The Morgan fingerprint density at radius 1 is 0.806 bits per heavy atom. The number of rotatable bonds is 6. The van der Waals surface area contributed by atoms with Gasteiger partial charge >= 0.3 is 0 Å². The predicted molar refractivity (Wildman–Crippen MR) is 119 cm³/mol. The second-order valence-corrected chi connectivity index (χ2v) is 10.0. The number of aliphatic hydroxyl groups excluding tert-OH is 1. The Balaban J connectivity index is 0.00000166. The SMILES string of the molecule is CC.CCCC1CCC(C2CCC(C3CC(F)C(C(O)C=C(F)F)C(F)C3)CC2)CC1. The minimum atomic E-state index is -2.08. The second-order valence-electron chi connectivity index (χ2n) is 10.0. The van der Waals surface area contributed by atoms with Crippen LogP contribution in [0.3, 0.4) is 0 Å². The summed E-state index contributed by atoms with van der Waals surface area (Å²) in [6.07, 6.45) is 6.22. The zero-order valence-electron chi connectivity index (χ0n) is 19.7. The van der Waals surface area contributed by atoms with Gasteiger partial charge < -0.3 is 5.11 Å². The quantitative estimate of drug-likeness (QED) is 0.405. The molecular weight excluding hydrogens is 404 g/mol. The van der Waals surface area contributed by atoms with E-state index in [1.807, 2.05) is 13.8 Å². The minimum absolute atomic E-state index is 0.0242. The zero-order chi connectivity index (χ0) is 23.0. The van der Waals surface area contributed by atoms with Gasteiger partial charge in [-0.05, 0) is 81.0 Å². The van der Waals surface area contributed by atoms with Crippen molar-refractivity contribution in [1.82, 2.24) is 0 Å². The lowest BCUT2D eigenvalue weighted by Gasteiger charge is -2.43. The Morgan fingerprint density at radius 2 is 1.23 bits per heavy atom. The monoisotopic (exact) mass is 448 g/mol. The van der Waals surface area contributed by atoms with Gasteiger partial charge in [-0.1, -0.05) is 46.5 Å². The summed E-state index contributed by atoms with van der Waals surface area (Å²) in [5.74, 6) is 1.48. The highest BCUT2D eigenvalue weighted by Crippen LogP contribution is 2.47. The molecule has 3 atom stereocenters. The fraction of sp³-hybridized carbons (Fsp3) is 0.923. The lowest BCUT2D eigenvalue weighted by molar-refractivity contribution is -0.0351.